The van der Waals surface area contributed by atoms with Gasteiger partial charge in [0.05, 0.1) is 16.5 Å². The van der Waals surface area contributed by atoms with Gasteiger partial charge in [0.15, 0.2) is 0 Å². The van der Waals surface area contributed by atoms with Crippen molar-refractivity contribution in [2.24, 2.45) is 0 Å². The molecule has 0 aromatic heterocycles. The van der Waals surface area contributed by atoms with E-state index >= 15 is 0 Å². The number of hydrogen-bond donors (Lipinski definition) is 2. The molecule has 0 aliphatic carbocycles. The molecular formula is C25H27ClN2O4S. The average Bonchev–Trinajstić information content (AvgIpc) is 2.78. The van der Waals surface area contributed by atoms with Crippen LogP contribution in [0.3, 0.4) is 0 Å². The Balaban J connectivity index is 1.89. The maximum absolute atomic E-state index is 13.2. The van der Waals surface area contributed by atoms with Gasteiger partial charge in [0.1, 0.15) is 11.8 Å². The molecule has 3 aromatic rings. The number of aryl methyl sites for hydroxylation is 2. The fourth-order valence-electron chi connectivity index (χ4n) is 3.30. The summed E-state index contributed by atoms with van der Waals surface area (Å²) in [6, 6.07) is 18.1. The van der Waals surface area contributed by atoms with Gasteiger partial charge in [0.2, 0.25) is 15.9 Å². The first kappa shape index (κ1) is 24.8. The van der Waals surface area contributed by atoms with Crippen molar-refractivity contribution in [1.82, 2.24) is 4.72 Å². The minimum atomic E-state index is -4.04. The molecule has 0 radical (unpaired) electrons. The van der Waals surface area contributed by atoms with Crippen LogP contribution in [0.4, 0.5) is 5.69 Å². The molecule has 0 aliphatic heterocycles. The lowest BCUT2D eigenvalue weighted by Gasteiger charge is -2.20. The summed E-state index contributed by atoms with van der Waals surface area (Å²) in [5, 5.41) is 3.05. The Kier molecular flexibility index (Phi) is 8.13. The molecule has 1 amide bonds. The third-order valence-electron chi connectivity index (χ3n) is 5.06. The second-order valence-corrected chi connectivity index (χ2v) is 9.82. The molecule has 33 heavy (non-hydrogen) atoms. The van der Waals surface area contributed by atoms with Gasteiger partial charge in [0, 0.05) is 5.69 Å². The number of halogens is 1. The Morgan fingerprint density at radius 1 is 1.03 bits per heavy atom. The number of sulfonamides is 1. The summed E-state index contributed by atoms with van der Waals surface area (Å²) in [7, 11) is -4.04. The number of anilines is 1. The first-order valence-electron chi connectivity index (χ1n) is 10.6. The summed E-state index contributed by atoms with van der Waals surface area (Å²) in [5.74, 6) is -0.0558. The van der Waals surface area contributed by atoms with Crippen molar-refractivity contribution in [3.63, 3.8) is 0 Å². The molecular weight excluding hydrogens is 460 g/mol. The molecule has 3 aromatic carbocycles. The number of carbonyl (C=O) groups is 1. The van der Waals surface area contributed by atoms with E-state index in [4.69, 9.17) is 16.3 Å². The van der Waals surface area contributed by atoms with Gasteiger partial charge in [-0.2, -0.15) is 4.72 Å². The second kappa shape index (κ2) is 10.8. The van der Waals surface area contributed by atoms with Gasteiger partial charge < -0.3 is 10.1 Å². The summed E-state index contributed by atoms with van der Waals surface area (Å²) < 4.78 is 34.2. The zero-order chi connectivity index (χ0) is 24.0. The minimum absolute atomic E-state index is 0.0476. The lowest BCUT2D eigenvalue weighted by molar-refractivity contribution is -0.117. The van der Waals surface area contributed by atoms with Gasteiger partial charge in [-0.1, -0.05) is 54.1 Å². The smallest absolute Gasteiger partial charge is 0.242 e. The maximum Gasteiger partial charge on any atom is 0.242 e. The van der Waals surface area contributed by atoms with Gasteiger partial charge in [0.25, 0.3) is 0 Å². The molecule has 0 saturated carbocycles. The molecule has 0 heterocycles. The first-order chi connectivity index (χ1) is 15.7. The number of carbonyl (C=O) groups excluding carboxylic acids is 1. The topological polar surface area (TPSA) is 84.5 Å². The van der Waals surface area contributed by atoms with E-state index in [0.717, 1.165) is 16.7 Å². The standard InChI is InChI=1S/C25H27ClN2O4S/c1-4-32-24-13-12-20(16-21(24)26)33(30,31)28-23(15-19-8-6-5-7-9-19)25(29)27-22-14-17(2)10-11-18(22)3/h5-14,16,23,28H,4,15H2,1-3H3,(H,27,29)/t23-/m0/s1. The lowest BCUT2D eigenvalue weighted by atomic mass is 10.1. The van der Waals surface area contributed by atoms with E-state index in [1.807, 2.05) is 69.3 Å². The van der Waals surface area contributed by atoms with E-state index < -0.39 is 22.0 Å². The molecule has 6 nitrogen and oxygen atoms in total. The van der Waals surface area contributed by atoms with Crippen LogP contribution in [-0.2, 0) is 21.2 Å². The van der Waals surface area contributed by atoms with Crippen molar-refractivity contribution < 1.29 is 17.9 Å². The summed E-state index contributed by atoms with van der Waals surface area (Å²) in [6.45, 7) is 6.02. The molecule has 2 N–H and O–H groups in total. The summed E-state index contributed by atoms with van der Waals surface area (Å²) in [6.07, 6.45) is 0.182. The number of nitrogens with one attached hydrogen (secondary N) is 2. The van der Waals surface area contributed by atoms with Crippen LogP contribution in [0.5, 0.6) is 5.75 Å². The van der Waals surface area contributed by atoms with E-state index in [9.17, 15) is 13.2 Å². The van der Waals surface area contributed by atoms with Gasteiger partial charge in [-0.05, 0) is 68.1 Å². The average molecular weight is 487 g/mol. The van der Waals surface area contributed by atoms with Crippen molar-refractivity contribution >= 4 is 33.2 Å². The molecule has 0 fully saturated rings. The van der Waals surface area contributed by atoms with Gasteiger partial charge in [-0.3, -0.25) is 4.79 Å². The van der Waals surface area contributed by atoms with E-state index in [1.54, 1.807) is 0 Å². The minimum Gasteiger partial charge on any atom is -0.492 e. The number of amides is 1. The molecule has 0 spiro atoms. The van der Waals surface area contributed by atoms with E-state index in [1.165, 1.54) is 18.2 Å². The molecule has 1 atom stereocenters. The van der Waals surface area contributed by atoms with Crippen molar-refractivity contribution in [3.05, 3.63) is 88.4 Å². The Labute approximate surface area is 200 Å². The predicted octanol–water partition coefficient (Wildman–Crippen LogP) is 4.88. The normalized spacial score (nSPS) is 12.2. The fourth-order valence-corrected chi connectivity index (χ4v) is 4.83. The first-order valence-corrected chi connectivity index (χ1v) is 12.4. The van der Waals surface area contributed by atoms with Crippen LogP contribution in [-0.4, -0.2) is 27.0 Å². The molecule has 8 heteroatoms. The molecule has 0 aliphatic rings. The van der Waals surface area contributed by atoms with Gasteiger partial charge in [-0.25, -0.2) is 8.42 Å². The molecule has 3 rings (SSSR count). The fraction of sp³-hybridized carbons (Fsp3) is 0.240. The highest BCUT2D eigenvalue weighted by atomic mass is 35.5. The number of ether oxygens (including phenoxy) is 1. The Morgan fingerprint density at radius 3 is 2.42 bits per heavy atom. The van der Waals surface area contributed by atoms with Crippen molar-refractivity contribution in [2.75, 3.05) is 11.9 Å². The molecule has 174 valence electrons. The Hall–Kier alpha value is -2.87. The van der Waals surface area contributed by atoms with E-state index in [2.05, 4.69) is 10.0 Å². The summed E-state index contributed by atoms with van der Waals surface area (Å²) >= 11 is 6.19. The predicted molar refractivity (Wildman–Crippen MR) is 131 cm³/mol. The lowest BCUT2D eigenvalue weighted by Crippen LogP contribution is -2.45. The third-order valence-corrected chi connectivity index (χ3v) is 6.83. The monoisotopic (exact) mass is 486 g/mol. The van der Waals surface area contributed by atoms with Crippen molar-refractivity contribution in [2.45, 2.75) is 38.1 Å². The highest BCUT2D eigenvalue weighted by molar-refractivity contribution is 7.89. The van der Waals surface area contributed by atoms with Crippen molar-refractivity contribution in [1.29, 1.82) is 0 Å². The van der Waals surface area contributed by atoms with Crippen LogP contribution in [0, 0.1) is 13.8 Å². The zero-order valence-corrected chi connectivity index (χ0v) is 20.3. The quantitative estimate of drug-likeness (QED) is 0.451. The van der Waals surface area contributed by atoms with Gasteiger partial charge >= 0.3 is 0 Å². The highest BCUT2D eigenvalue weighted by Crippen LogP contribution is 2.27. The number of rotatable bonds is 9. The zero-order valence-electron chi connectivity index (χ0n) is 18.8. The van der Waals surface area contributed by atoms with Crippen LogP contribution in [0.25, 0.3) is 0 Å². The maximum atomic E-state index is 13.2. The van der Waals surface area contributed by atoms with E-state index in [0.29, 0.717) is 18.0 Å². The van der Waals surface area contributed by atoms with Crippen LogP contribution >= 0.6 is 11.6 Å². The molecule has 0 unspecified atom stereocenters. The molecule has 0 saturated heterocycles. The number of benzene rings is 3. The van der Waals surface area contributed by atoms with Crippen LogP contribution < -0.4 is 14.8 Å². The SMILES string of the molecule is CCOc1ccc(S(=O)(=O)N[C@@H](Cc2ccccc2)C(=O)Nc2cc(C)ccc2C)cc1Cl. The number of hydrogen-bond acceptors (Lipinski definition) is 4. The third kappa shape index (κ3) is 6.57. The summed E-state index contributed by atoms with van der Waals surface area (Å²) in [5.41, 5.74) is 3.33. The van der Waals surface area contributed by atoms with Crippen LogP contribution in [0.2, 0.25) is 5.02 Å². The van der Waals surface area contributed by atoms with E-state index in [-0.39, 0.29) is 16.3 Å². The highest BCUT2D eigenvalue weighted by Gasteiger charge is 2.27. The second-order valence-electron chi connectivity index (χ2n) is 7.70. The summed E-state index contributed by atoms with van der Waals surface area (Å²) in [4.78, 5) is 13.2. The van der Waals surface area contributed by atoms with Crippen LogP contribution in [0.1, 0.15) is 23.6 Å². The largest absolute Gasteiger partial charge is 0.492 e. The van der Waals surface area contributed by atoms with Gasteiger partial charge in [-0.15, -0.1) is 0 Å². The van der Waals surface area contributed by atoms with Crippen molar-refractivity contribution in [3.8, 4) is 5.75 Å². The molecule has 0 bridgehead atoms. The Bertz CT molecular complexity index is 1230. The van der Waals surface area contributed by atoms with Crippen LogP contribution in [0.15, 0.2) is 71.6 Å². The Morgan fingerprint density at radius 2 is 1.76 bits per heavy atom.